The highest BCUT2D eigenvalue weighted by molar-refractivity contribution is 7.53. The zero-order valence-electron chi connectivity index (χ0n) is 58.4. The number of cyclic esters (lactones) is 2. The van der Waals surface area contributed by atoms with Gasteiger partial charge < -0.3 is 94.8 Å². The molecule has 0 aliphatic carbocycles. The summed E-state index contributed by atoms with van der Waals surface area (Å²) in [5, 5.41) is 55.5. The number of rotatable bonds is 16. The minimum Gasteiger partial charge on any atom is -0.506 e. The number of hydrogen-bond acceptors (Lipinski definition) is 33. The molecule has 1 fully saturated rings. The summed E-state index contributed by atoms with van der Waals surface area (Å²) in [6, 6.07) is 0.565. The second-order valence-electron chi connectivity index (χ2n) is 25.0. The molecule has 0 unspecified atom stereocenters. The van der Waals surface area contributed by atoms with Crippen molar-refractivity contribution in [2.24, 2.45) is 5.73 Å². The number of pyridine rings is 1. The molecule has 1 aromatic carbocycles. The van der Waals surface area contributed by atoms with Crippen LogP contribution in [0.5, 0.6) is 5.75 Å². The molecule has 1 saturated heterocycles. The molecule has 12 rings (SSSR count). The van der Waals surface area contributed by atoms with E-state index in [1.54, 1.807) is 64.9 Å². The standard InChI is InChI=1S/C66H71N14O21PS5/c1-11-98-102(92,99-12-2)26-97-80-40-15-13-14-31-18-95-65(90)51(101-42-17-66(7,91)52(79(8)9)30(6)100-42)50-48-63-74-37(24-107-63)55(85)69-34(20-96-64(89)49(80)33(19-94-50)43(31)40)60-70-35(21-104-60)46-32(16-41(82)47(75-46)62-73-36(23-106-62)54(84)68-27(3)53(67)83)59-71-38(22-103-59)56(86)76-44(28(4)81)58(88)77-45(29(5)93-10)61-72-39(25-105-61)57(87)78-48/h13-16,21-25,28,30,34,42,44,48,50-52,81-82,91H,3,11-12,17-20,26H2,1-2,4-10H3,(H2,67,83)(H,68,84)(H,69,85)(H,76,86)(H,77,88)(H,78,87)/b45-29+/t28-,30+,34+,42+,44+,48+,50+,51+,52-,66+/m1/s1. The highest BCUT2D eigenvalue weighted by Gasteiger charge is 2.50. The largest absolute Gasteiger partial charge is 0.506 e. The van der Waals surface area contributed by atoms with Crippen molar-refractivity contribution in [2.45, 2.75) is 122 Å². The first-order valence-corrected chi connectivity index (χ1v) is 38.9. The van der Waals surface area contributed by atoms with Crippen LogP contribution in [-0.2, 0) is 69.6 Å². The van der Waals surface area contributed by atoms with Gasteiger partial charge in [-0.25, -0.2) is 39.5 Å². The first-order chi connectivity index (χ1) is 51.0. The van der Waals surface area contributed by atoms with Crippen LogP contribution in [0.15, 0.2) is 69.2 Å². The highest BCUT2D eigenvalue weighted by atomic mass is 32.1. The molecule has 41 heteroatoms. The topological polar surface area (TPSA) is 469 Å². The maximum Gasteiger partial charge on any atom is 0.370 e. The number of benzene rings is 1. The Morgan fingerprint density at radius 1 is 0.860 bits per heavy atom. The number of amides is 6. The van der Waals surface area contributed by atoms with Gasteiger partial charge in [-0.2, -0.15) is 4.73 Å². The summed E-state index contributed by atoms with van der Waals surface area (Å²) < 4.78 is 65.0. The minimum absolute atomic E-state index is 0.00929. The van der Waals surface area contributed by atoms with Gasteiger partial charge in [0, 0.05) is 49.8 Å². The summed E-state index contributed by atoms with van der Waals surface area (Å²) in [5.41, 5.74) is 1.94. The van der Waals surface area contributed by atoms with E-state index in [0.717, 1.165) is 61.4 Å². The number of aliphatic hydroxyl groups excluding tert-OH is 1. The van der Waals surface area contributed by atoms with Gasteiger partial charge in [0.05, 0.1) is 62.0 Å². The molecule has 11 heterocycles. The van der Waals surface area contributed by atoms with Crippen molar-refractivity contribution in [2.75, 3.05) is 47.4 Å². The number of esters is 2. The average Bonchev–Trinajstić information content (AvgIpc) is 1.61. The molecule has 12 bridgehead atoms. The minimum atomic E-state index is -4.13. The predicted molar refractivity (Wildman–Crippen MR) is 385 cm³/mol. The Kier molecular flexibility index (Phi) is 23.0. The van der Waals surface area contributed by atoms with Gasteiger partial charge in [0.2, 0.25) is 12.3 Å². The number of fused-ring (bicyclic) bond motifs is 15. The number of primary amides is 1. The van der Waals surface area contributed by atoms with Crippen LogP contribution in [0.2, 0.25) is 0 Å². The lowest BCUT2D eigenvalue weighted by Crippen LogP contribution is -2.62. The predicted octanol–water partition coefficient (Wildman–Crippen LogP) is 5.31. The SMILES string of the molecule is C=C(NC(=O)c1csc(-c2nc3c(cc2O)-c2nc(cs2)C(=O)N[C@@H]([C@@H](C)O)C(=O)N/C(=C(\C)OC)c2nc(cs2)C(=O)N[C@@H]2c4nc(cs4)C(=O)N[C@@H](COC(=O)c4c5c6c(cccc6n4OCP(=O)(OCC)OCC)COC(=O)[C@@H](O[C@H]4C[C@](C)(O)[C@H](N(C)C)[C@H](C)O4)[C@H]2OC5)c2nc-3cs2)n1)C(N)=O. The molecule has 8 aromatic rings. The fourth-order valence-electron chi connectivity index (χ4n) is 12.5. The van der Waals surface area contributed by atoms with Gasteiger partial charge in [0.1, 0.15) is 120 Å². The van der Waals surface area contributed by atoms with E-state index in [0.29, 0.717) is 0 Å². The van der Waals surface area contributed by atoms with Crippen molar-refractivity contribution in [3.8, 4) is 38.4 Å². The number of ether oxygens (including phenoxy) is 6. The van der Waals surface area contributed by atoms with E-state index in [9.17, 15) is 39.1 Å². The second-order valence-corrected chi connectivity index (χ2v) is 31.4. The molecule has 566 valence electrons. The summed E-state index contributed by atoms with van der Waals surface area (Å²) in [7, 11) is 0.690. The number of aliphatic hydroxyl groups is 2. The number of nitrogens with zero attached hydrogens (tertiary/aromatic N) is 8. The smallest absolute Gasteiger partial charge is 0.370 e. The number of hydrogen-bond donors (Lipinski definition) is 9. The number of aromatic nitrogens is 7. The molecular formula is C66H71N14O21PS5. The van der Waals surface area contributed by atoms with Crippen LogP contribution >= 0.6 is 64.3 Å². The van der Waals surface area contributed by atoms with Crippen molar-refractivity contribution < 1.29 is 101 Å². The Bertz CT molecular complexity index is 4920. The van der Waals surface area contributed by atoms with Crippen molar-refractivity contribution >= 4 is 128 Å². The van der Waals surface area contributed by atoms with E-state index < -0.39 is 159 Å². The lowest BCUT2D eigenvalue weighted by Gasteiger charge is -2.48. The Balaban J connectivity index is 1.07. The summed E-state index contributed by atoms with van der Waals surface area (Å²) in [5.74, 6) is -8.43. The van der Waals surface area contributed by atoms with Crippen molar-refractivity contribution in [1.29, 1.82) is 0 Å². The third-order valence-electron chi connectivity index (χ3n) is 17.3. The Labute approximate surface area is 628 Å². The molecule has 10 N–H and O–H groups in total. The van der Waals surface area contributed by atoms with Crippen molar-refractivity contribution in [1.82, 2.24) is 66.1 Å². The number of allylic oxidation sites excluding steroid dienone is 1. The molecule has 7 aromatic heterocycles. The lowest BCUT2D eigenvalue weighted by molar-refractivity contribution is -0.280. The fourth-order valence-corrected chi connectivity index (χ4v) is 17.9. The van der Waals surface area contributed by atoms with Crippen LogP contribution in [-0.4, -0.2) is 198 Å². The van der Waals surface area contributed by atoms with E-state index in [-0.39, 0.29) is 124 Å². The molecular weight excluding hydrogens is 1520 g/mol. The van der Waals surface area contributed by atoms with E-state index in [1.807, 2.05) is 0 Å². The van der Waals surface area contributed by atoms with Gasteiger partial charge in [0.15, 0.2) is 18.1 Å². The van der Waals surface area contributed by atoms with Gasteiger partial charge in [-0.1, -0.05) is 18.7 Å². The highest BCUT2D eigenvalue weighted by Crippen LogP contribution is 2.48. The zero-order valence-corrected chi connectivity index (χ0v) is 63.4. The van der Waals surface area contributed by atoms with Crippen molar-refractivity contribution in [3.63, 3.8) is 0 Å². The third kappa shape index (κ3) is 16.1. The number of nitrogens with one attached hydrogen (secondary N) is 5. The number of carbonyl (C=O) groups is 8. The number of methoxy groups -OCH3 is 1. The van der Waals surface area contributed by atoms with E-state index in [4.69, 9.17) is 63.0 Å². The van der Waals surface area contributed by atoms with E-state index in [1.165, 1.54) is 53.9 Å². The molecule has 4 aliphatic heterocycles. The van der Waals surface area contributed by atoms with Crippen molar-refractivity contribution in [3.05, 3.63) is 124 Å². The van der Waals surface area contributed by atoms with E-state index >= 15 is 19.2 Å². The Hall–Kier alpha value is -9.39. The van der Waals surface area contributed by atoms with Gasteiger partial charge in [0.25, 0.3) is 29.5 Å². The van der Waals surface area contributed by atoms with Gasteiger partial charge in [-0.05, 0) is 73.3 Å². The van der Waals surface area contributed by atoms with Crippen LogP contribution < -0.4 is 37.2 Å². The molecule has 0 radical (unpaired) electrons. The van der Waals surface area contributed by atoms with Crippen LogP contribution in [0.1, 0.15) is 139 Å². The third-order valence-corrected chi connectivity index (χ3v) is 23.5. The van der Waals surface area contributed by atoms with E-state index in [2.05, 4.69) is 48.1 Å². The zero-order chi connectivity index (χ0) is 76.7. The first-order valence-electron chi connectivity index (χ1n) is 32.8. The number of carbonyl (C=O) groups excluding carboxylic acids is 8. The Morgan fingerprint density at radius 3 is 2.21 bits per heavy atom. The maximum atomic E-state index is 15.7. The van der Waals surface area contributed by atoms with Gasteiger partial charge >= 0.3 is 19.5 Å². The first kappa shape index (κ1) is 77.2. The van der Waals surface area contributed by atoms with Crippen LogP contribution in [0, 0.1) is 0 Å². The summed E-state index contributed by atoms with van der Waals surface area (Å²) in [6.45, 7) is 10.6. The van der Waals surface area contributed by atoms with Gasteiger partial charge in [-0.3, -0.25) is 33.3 Å². The lowest BCUT2D eigenvalue weighted by atomic mass is 9.85. The van der Waals surface area contributed by atoms with Crippen LogP contribution in [0.4, 0.5) is 0 Å². The number of nitrogens with two attached hydrogens (primary N) is 1. The van der Waals surface area contributed by atoms with Crippen LogP contribution in [0.3, 0.4) is 0 Å². The molecule has 4 aliphatic rings. The quantitative estimate of drug-likeness (QED) is 0.0256. The number of aromatic hydroxyl groups is 1. The molecule has 107 heavy (non-hydrogen) atoms. The fraction of sp³-hybridized carbons (Fsp3) is 0.394. The molecule has 35 nitrogen and oxygen atoms in total. The Morgan fingerprint density at radius 2 is 1.51 bits per heavy atom. The normalized spacial score (nSPS) is 23.1. The number of likely N-dealkylation sites (N-methyl/N-ethyl adjacent to an activating group) is 1. The molecule has 6 amide bonds. The molecule has 0 saturated carbocycles. The second kappa shape index (κ2) is 31.8. The molecule has 0 spiro atoms. The number of thiazole rings is 5. The summed E-state index contributed by atoms with van der Waals surface area (Å²) in [4.78, 5) is 152. The monoisotopic (exact) mass is 1590 g/mol. The summed E-state index contributed by atoms with van der Waals surface area (Å²) >= 11 is 4.40. The summed E-state index contributed by atoms with van der Waals surface area (Å²) in [6.07, 6.45) is -8.57. The van der Waals surface area contributed by atoms with Gasteiger partial charge in [-0.15, -0.1) is 56.7 Å². The maximum absolute atomic E-state index is 15.7. The average molecular weight is 1590 g/mol. The van der Waals surface area contributed by atoms with Crippen LogP contribution in [0.25, 0.3) is 49.3 Å². The molecule has 10 atom stereocenters.